The Labute approximate surface area is 82.8 Å². The number of ketones is 1. The Morgan fingerprint density at radius 2 is 2.00 bits per heavy atom. The molecule has 4 nitrogen and oxygen atoms in total. The van der Waals surface area contributed by atoms with Gasteiger partial charge >= 0.3 is 0 Å². The molecule has 0 amide bonds. The summed E-state index contributed by atoms with van der Waals surface area (Å²) < 4.78 is 0. The number of nitrogens with zero attached hydrogens (tertiary/aromatic N) is 1. The zero-order chi connectivity index (χ0) is 10.7. The Balaban J connectivity index is 2.49. The van der Waals surface area contributed by atoms with Gasteiger partial charge in [0.2, 0.25) is 5.78 Å². The van der Waals surface area contributed by atoms with Crippen LogP contribution in [-0.2, 0) is 4.79 Å². The summed E-state index contributed by atoms with van der Waals surface area (Å²) in [5.41, 5.74) is -0.669. The molecule has 78 valence electrons. The highest BCUT2D eigenvalue weighted by molar-refractivity contribution is 5.93. The van der Waals surface area contributed by atoms with Crippen molar-refractivity contribution in [3.63, 3.8) is 0 Å². The molecule has 2 aliphatic carbocycles. The minimum Gasteiger partial charge on any atom is -0.291 e. The molecule has 0 spiro atoms. The van der Waals surface area contributed by atoms with Gasteiger partial charge in [-0.15, -0.1) is 0 Å². The SMILES string of the molecule is CC12CCC(C([N+](=O)[O-])C1=O)C2(C)C. The van der Waals surface area contributed by atoms with E-state index in [1.165, 1.54) is 0 Å². The molecule has 2 aliphatic rings. The molecule has 0 aliphatic heterocycles. The second-order valence-corrected chi connectivity index (χ2v) is 5.29. The molecule has 2 saturated carbocycles. The van der Waals surface area contributed by atoms with Crippen molar-refractivity contribution in [2.45, 2.75) is 39.7 Å². The van der Waals surface area contributed by atoms with Crippen molar-refractivity contribution in [1.82, 2.24) is 0 Å². The van der Waals surface area contributed by atoms with Crippen molar-refractivity contribution in [2.24, 2.45) is 16.7 Å². The topological polar surface area (TPSA) is 60.2 Å². The molecule has 0 heterocycles. The van der Waals surface area contributed by atoms with Crippen molar-refractivity contribution < 1.29 is 9.72 Å². The molecule has 2 bridgehead atoms. The summed E-state index contributed by atoms with van der Waals surface area (Å²) in [5.74, 6) is -0.209. The molecule has 0 radical (unpaired) electrons. The first-order valence-corrected chi connectivity index (χ1v) is 5.00. The Morgan fingerprint density at radius 1 is 1.43 bits per heavy atom. The minimum atomic E-state index is -0.941. The Kier molecular flexibility index (Phi) is 1.62. The van der Waals surface area contributed by atoms with Crippen LogP contribution in [0.5, 0.6) is 0 Å². The van der Waals surface area contributed by atoms with Gasteiger partial charge in [-0.3, -0.25) is 14.9 Å². The second kappa shape index (κ2) is 2.35. The number of Topliss-reactive ketones (excluding diaryl/α,β-unsaturated/α-hetero) is 1. The molecule has 0 aromatic heterocycles. The Morgan fingerprint density at radius 3 is 2.29 bits per heavy atom. The smallest absolute Gasteiger partial charge is 0.274 e. The van der Waals surface area contributed by atoms with Gasteiger partial charge in [-0.25, -0.2) is 0 Å². The first-order valence-electron chi connectivity index (χ1n) is 5.00. The van der Waals surface area contributed by atoms with Crippen molar-refractivity contribution in [2.75, 3.05) is 0 Å². The molecule has 3 unspecified atom stereocenters. The summed E-state index contributed by atoms with van der Waals surface area (Å²) >= 11 is 0. The van der Waals surface area contributed by atoms with Crippen LogP contribution in [0.25, 0.3) is 0 Å². The van der Waals surface area contributed by atoms with Crippen LogP contribution >= 0.6 is 0 Å². The lowest BCUT2D eigenvalue weighted by Gasteiger charge is -2.31. The number of nitro groups is 1. The van der Waals surface area contributed by atoms with Gasteiger partial charge in [0.15, 0.2) is 0 Å². The summed E-state index contributed by atoms with van der Waals surface area (Å²) in [6.07, 6.45) is 1.63. The predicted molar refractivity (Wildman–Crippen MR) is 50.4 cm³/mol. The van der Waals surface area contributed by atoms with Crippen molar-refractivity contribution in [3.05, 3.63) is 10.1 Å². The highest BCUT2D eigenvalue weighted by Gasteiger charge is 2.70. The largest absolute Gasteiger partial charge is 0.291 e. The fourth-order valence-corrected chi connectivity index (χ4v) is 3.28. The molecule has 0 aromatic rings. The first kappa shape index (κ1) is 9.62. The Bertz CT molecular complexity index is 323. The standard InChI is InChI=1S/C10H15NO3/c1-9(2)6-4-5-10(9,3)8(12)7(6)11(13)14/h6-7H,4-5H2,1-3H3. The van der Waals surface area contributed by atoms with Crippen LogP contribution < -0.4 is 0 Å². The Hall–Kier alpha value is -0.930. The maximum absolute atomic E-state index is 11.9. The average molecular weight is 197 g/mol. The first-order chi connectivity index (χ1) is 6.32. The highest BCUT2D eigenvalue weighted by atomic mass is 16.6. The van der Waals surface area contributed by atoms with Gasteiger partial charge in [0, 0.05) is 16.3 Å². The van der Waals surface area contributed by atoms with E-state index in [2.05, 4.69) is 0 Å². The third kappa shape index (κ3) is 0.775. The third-order valence-corrected chi connectivity index (χ3v) is 4.73. The van der Waals surface area contributed by atoms with E-state index in [9.17, 15) is 14.9 Å². The molecule has 0 N–H and O–H groups in total. The molecular weight excluding hydrogens is 182 g/mol. The predicted octanol–water partition coefficient (Wildman–Crippen LogP) is 1.66. The van der Waals surface area contributed by atoms with Gasteiger partial charge in [-0.2, -0.15) is 0 Å². The number of hydrogen-bond donors (Lipinski definition) is 0. The van der Waals surface area contributed by atoms with Gasteiger partial charge < -0.3 is 0 Å². The van der Waals surface area contributed by atoms with Crippen LogP contribution in [0.2, 0.25) is 0 Å². The molecule has 4 heteroatoms. The van der Waals surface area contributed by atoms with E-state index in [4.69, 9.17) is 0 Å². The van der Waals surface area contributed by atoms with E-state index in [0.29, 0.717) is 0 Å². The number of carbonyl (C=O) groups is 1. The summed E-state index contributed by atoms with van der Waals surface area (Å²) in [7, 11) is 0. The lowest BCUT2D eigenvalue weighted by molar-refractivity contribution is -0.516. The fraction of sp³-hybridized carbons (Fsp3) is 0.900. The zero-order valence-electron chi connectivity index (χ0n) is 8.74. The maximum Gasteiger partial charge on any atom is 0.274 e. The third-order valence-electron chi connectivity index (χ3n) is 4.73. The highest BCUT2D eigenvalue weighted by Crippen LogP contribution is 2.63. The van der Waals surface area contributed by atoms with Crippen LogP contribution in [0.3, 0.4) is 0 Å². The van der Waals surface area contributed by atoms with Crippen LogP contribution in [-0.4, -0.2) is 16.7 Å². The number of carbonyl (C=O) groups excluding carboxylic acids is 1. The van der Waals surface area contributed by atoms with Crippen molar-refractivity contribution in [1.29, 1.82) is 0 Å². The van der Waals surface area contributed by atoms with E-state index < -0.39 is 11.5 Å². The van der Waals surface area contributed by atoms with E-state index in [-0.39, 0.29) is 22.0 Å². The molecule has 2 fully saturated rings. The summed E-state index contributed by atoms with van der Waals surface area (Å²) in [6.45, 7) is 5.87. The fourth-order valence-electron chi connectivity index (χ4n) is 3.28. The summed E-state index contributed by atoms with van der Waals surface area (Å²) in [6, 6.07) is -0.941. The normalized spacial score (nSPS) is 44.4. The van der Waals surface area contributed by atoms with E-state index in [1.807, 2.05) is 20.8 Å². The van der Waals surface area contributed by atoms with Gasteiger partial charge in [0.05, 0.1) is 0 Å². The summed E-state index contributed by atoms with van der Waals surface area (Å²) in [4.78, 5) is 22.3. The van der Waals surface area contributed by atoms with Crippen LogP contribution in [0.1, 0.15) is 33.6 Å². The van der Waals surface area contributed by atoms with E-state index in [1.54, 1.807) is 0 Å². The molecule has 3 atom stereocenters. The number of hydrogen-bond acceptors (Lipinski definition) is 3. The summed E-state index contributed by atoms with van der Waals surface area (Å²) in [5, 5.41) is 10.8. The van der Waals surface area contributed by atoms with Crippen molar-refractivity contribution >= 4 is 5.78 Å². The van der Waals surface area contributed by atoms with E-state index >= 15 is 0 Å². The average Bonchev–Trinajstić information content (AvgIpc) is 2.35. The van der Waals surface area contributed by atoms with Gasteiger partial charge in [-0.05, 0) is 18.3 Å². The molecule has 0 aromatic carbocycles. The van der Waals surface area contributed by atoms with Crippen LogP contribution in [0.4, 0.5) is 0 Å². The zero-order valence-corrected chi connectivity index (χ0v) is 8.74. The molecule has 2 rings (SSSR count). The lowest BCUT2D eigenvalue weighted by atomic mass is 9.70. The second-order valence-electron chi connectivity index (χ2n) is 5.29. The monoisotopic (exact) mass is 197 g/mol. The van der Waals surface area contributed by atoms with Gasteiger partial charge in [-0.1, -0.05) is 20.8 Å². The molecule has 0 saturated heterocycles. The molecule has 14 heavy (non-hydrogen) atoms. The number of rotatable bonds is 1. The lowest BCUT2D eigenvalue weighted by Crippen LogP contribution is -2.38. The van der Waals surface area contributed by atoms with Crippen LogP contribution in [0, 0.1) is 26.9 Å². The van der Waals surface area contributed by atoms with Gasteiger partial charge in [0.25, 0.3) is 6.04 Å². The van der Waals surface area contributed by atoms with E-state index in [0.717, 1.165) is 12.8 Å². The quantitative estimate of drug-likeness (QED) is 0.474. The molecular formula is C10H15NO3. The van der Waals surface area contributed by atoms with Gasteiger partial charge in [0.1, 0.15) is 0 Å². The minimum absolute atomic E-state index is 0.0602. The van der Waals surface area contributed by atoms with Crippen LogP contribution in [0.15, 0.2) is 0 Å². The maximum atomic E-state index is 11.9. The van der Waals surface area contributed by atoms with Crippen molar-refractivity contribution in [3.8, 4) is 0 Å². The number of fused-ring (bicyclic) bond motifs is 2.